The van der Waals surface area contributed by atoms with Crippen molar-refractivity contribution in [3.8, 4) is 0 Å². The highest BCUT2D eigenvalue weighted by molar-refractivity contribution is 8.25. The molecule has 1 aliphatic rings. The van der Waals surface area contributed by atoms with Crippen molar-refractivity contribution in [3.05, 3.63) is 59.7 Å². The van der Waals surface area contributed by atoms with Gasteiger partial charge in [-0.2, -0.15) is 13.2 Å². The Morgan fingerprint density at radius 3 is 2.54 bits per heavy atom. The van der Waals surface area contributed by atoms with E-state index in [1.807, 2.05) is 19.1 Å². The second kappa shape index (κ2) is 7.92. The average molecular weight is 424 g/mol. The van der Waals surface area contributed by atoms with Crippen LogP contribution >= 0.6 is 24.0 Å². The molecule has 2 amide bonds. The molecule has 0 saturated carbocycles. The highest BCUT2D eigenvalue weighted by Gasteiger charge is 2.39. The lowest BCUT2D eigenvalue weighted by atomic mass is 10.2. The van der Waals surface area contributed by atoms with Crippen LogP contribution in [0.2, 0.25) is 0 Å². The van der Waals surface area contributed by atoms with Crippen LogP contribution in [0.25, 0.3) is 0 Å². The number of rotatable bonds is 4. The number of carbonyl (C=O) groups is 2. The molecule has 1 fully saturated rings. The van der Waals surface area contributed by atoms with Gasteiger partial charge in [0.05, 0.1) is 11.3 Å². The van der Waals surface area contributed by atoms with Gasteiger partial charge in [0.25, 0.3) is 0 Å². The van der Waals surface area contributed by atoms with Gasteiger partial charge < -0.3 is 5.32 Å². The van der Waals surface area contributed by atoms with Crippen LogP contribution in [-0.2, 0) is 15.8 Å². The Hall–Kier alpha value is -2.39. The highest BCUT2D eigenvalue weighted by atomic mass is 32.2. The number of hydrogen-bond donors (Lipinski definition) is 1. The van der Waals surface area contributed by atoms with Crippen LogP contribution in [0.1, 0.15) is 17.5 Å². The molecule has 1 heterocycles. The van der Waals surface area contributed by atoms with Crippen molar-refractivity contribution in [1.29, 1.82) is 0 Å². The van der Waals surface area contributed by atoms with Crippen molar-refractivity contribution in [3.63, 3.8) is 0 Å². The van der Waals surface area contributed by atoms with E-state index >= 15 is 0 Å². The molecule has 2 aromatic carbocycles. The number of benzene rings is 2. The third-order valence-corrected chi connectivity index (χ3v) is 5.57. The molecule has 0 radical (unpaired) electrons. The molecule has 0 bridgehead atoms. The van der Waals surface area contributed by atoms with E-state index in [-0.39, 0.29) is 18.0 Å². The molecule has 1 N–H and O–H groups in total. The molecule has 1 unspecified atom stereocenters. The lowest BCUT2D eigenvalue weighted by Gasteiger charge is -2.16. The molecule has 1 aliphatic heterocycles. The van der Waals surface area contributed by atoms with Crippen LogP contribution in [0.15, 0.2) is 48.5 Å². The summed E-state index contributed by atoms with van der Waals surface area (Å²) in [5.41, 5.74) is 0.816. The fourth-order valence-corrected chi connectivity index (χ4v) is 4.20. The van der Waals surface area contributed by atoms with Crippen molar-refractivity contribution in [2.75, 3.05) is 10.2 Å². The summed E-state index contributed by atoms with van der Waals surface area (Å²) in [6.07, 6.45) is -4.69. The quantitative estimate of drug-likeness (QED) is 0.718. The molecule has 146 valence electrons. The van der Waals surface area contributed by atoms with Gasteiger partial charge in [0, 0.05) is 12.1 Å². The summed E-state index contributed by atoms with van der Waals surface area (Å²) in [6.45, 7) is 1.92. The van der Waals surface area contributed by atoms with Crippen LogP contribution in [0.4, 0.5) is 24.5 Å². The molecule has 9 heteroatoms. The number of hydrogen-bond acceptors (Lipinski definition) is 4. The van der Waals surface area contributed by atoms with E-state index in [2.05, 4.69) is 5.32 Å². The zero-order chi connectivity index (χ0) is 20.5. The summed E-state index contributed by atoms with van der Waals surface area (Å²) in [6, 6.07) is 11.6. The van der Waals surface area contributed by atoms with Gasteiger partial charge in [-0.15, -0.1) is 0 Å². The largest absolute Gasteiger partial charge is 0.416 e. The van der Waals surface area contributed by atoms with Gasteiger partial charge in [-0.1, -0.05) is 47.7 Å². The molecule has 3 rings (SSSR count). The number of amides is 2. The number of nitrogens with zero attached hydrogens (tertiary/aromatic N) is 1. The molecule has 2 aromatic rings. The third kappa shape index (κ3) is 4.53. The van der Waals surface area contributed by atoms with Gasteiger partial charge in [-0.3, -0.25) is 14.5 Å². The zero-order valence-electron chi connectivity index (χ0n) is 14.6. The van der Waals surface area contributed by atoms with Crippen molar-refractivity contribution in [2.24, 2.45) is 0 Å². The van der Waals surface area contributed by atoms with Gasteiger partial charge in [0.1, 0.15) is 9.57 Å². The van der Waals surface area contributed by atoms with Crippen LogP contribution in [0.5, 0.6) is 0 Å². The smallest absolute Gasteiger partial charge is 0.326 e. The van der Waals surface area contributed by atoms with E-state index < -0.39 is 22.9 Å². The van der Waals surface area contributed by atoms with Gasteiger partial charge in [-0.25, -0.2) is 0 Å². The summed E-state index contributed by atoms with van der Waals surface area (Å²) < 4.78 is 38.7. The van der Waals surface area contributed by atoms with Crippen LogP contribution in [0.3, 0.4) is 0 Å². The first-order chi connectivity index (χ1) is 13.1. The highest BCUT2D eigenvalue weighted by Crippen LogP contribution is 2.34. The minimum absolute atomic E-state index is 0.0215. The summed E-state index contributed by atoms with van der Waals surface area (Å²) in [4.78, 5) is 26.3. The van der Waals surface area contributed by atoms with Crippen molar-refractivity contribution < 1.29 is 22.8 Å². The Morgan fingerprint density at radius 1 is 1.21 bits per heavy atom. The number of nitrogens with one attached hydrogen (secondary N) is 1. The number of carbonyl (C=O) groups excluding carboxylic acids is 2. The minimum atomic E-state index is -4.50. The molecular weight excluding hydrogens is 409 g/mol. The van der Waals surface area contributed by atoms with E-state index in [0.29, 0.717) is 10.0 Å². The number of thioether (sulfide) groups is 1. The Kier molecular flexibility index (Phi) is 5.76. The molecule has 1 atom stereocenters. The van der Waals surface area contributed by atoms with Crippen molar-refractivity contribution in [1.82, 2.24) is 0 Å². The minimum Gasteiger partial charge on any atom is -0.326 e. The number of halogens is 3. The fourth-order valence-electron chi connectivity index (χ4n) is 2.67. The molecule has 4 nitrogen and oxygen atoms in total. The normalized spacial score (nSPS) is 17.1. The predicted molar refractivity (Wildman–Crippen MR) is 107 cm³/mol. The Morgan fingerprint density at radius 2 is 1.89 bits per heavy atom. The zero-order valence-corrected chi connectivity index (χ0v) is 16.3. The molecule has 1 saturated heterocycles. The monoisotopic (exact) mass is 424 g/mol. The topological polar surface area (TPSA) is 49.4 Å². The number of alkyl halides is 3. The van der Waals surface area contributed by atoms with E-state index in [0.717, 1.165) is 29.5 Å². The standard InChI is InChI=1S/C19H15F3N2O2S2/c1-11-5-7-14(8-6-11)24-17(26)15(28-18(24)27)10-16(25)23-13-4-2-3-12(9-13)19(20,21)22/h2-9,15H,10H2,1H3,(H,23,25). The third-order valence-electron chi connectivity index (χ3n) is 4.06. The Labute approximate surface area is 169 Å². The molecule has 0 aromatic heterocycles. The second-order valence-electron chi connectivity index (χ2n) is 6.21. The average Bonchev–Trinajstić information content (AvgIpc) is 2.89. The maximum absolute atomic E-state index is 12.8. The van der Waals surface area contributed by atoms with Crippen molar-refractivity contribution in [2.45, 2.75) is 24.8 Å². The number of anilines is 2. The van der Waals surface area contributed by atoms with Crippen LogP contribution in [0, 0.1) is 6.92 Å². The second-order valence-corrected chi connectivity index (χ2v) is 8.05. The first-order valence-electron chi connectivity index (χ1n) is 8.23. The lowest BCUT2D eigenvalue weighted by molar-refractivity contribution is -0.137. The van der Waals surface area contributed by atoms with Gasteiger partial charge in [-0.05, 0) is 37.3 Å². The van der Waals surface area contributed by atoms with Gasteiger partial charge in [0.2, 0.25) is 11.8 Å². The molecule has 28 heavy (non-hydrogen) atoms. The maximum Gasteiger partial charge on any atom is 0.416 e. The number of thiocarbonyl (C=S) groups is 1. The summed E-state index contributed by atoms with van der Waals surface area (Å²) >= 11 is 6.36. The first-order valence-corrected chi connectivity index (χ1v) is 9.52. The molecular formula is C19H15F3N2O2S2. The first kappa shape index (κ1) is 20.3. The van der Waals surface area contributed by atoms with Crippen LogP contribution in [-0.4, -0.2) is 21.4 Å². The summed E-state index contributed by atoms with van der Waals surface area (Å²) in [5, 5.41) is 1.69. The molecule has 0 aliphatic carbocycles. The SMILES string of the molecule is Cc1ccc(N2C(=O)C(CC(=O)Nc3cccc(C(F)(F)F)c3)SC2=S)cc1. The predicted octanol–water partition coefficient (Wildman–Crippen LogP) is 4.78. The van der Waals surface area contributed by atoms with E-state index in [9.17, 15) is 22.8 Å². The van der Waals surface area contributed by atoms with Crippen molar-refractivity contribution >= 4 is 51.5 Å². The molecule has 0 spiro atoms. The summed E-state index contributed by atoms with van der Waals surface area (Å²) in [7, 11) is 0. The lowest BCUT2D eigenvalue weighted by Crippen LogP contribution is -2.32. The van der Waals surface area contributed by atoms with Gasteiger partial charge >= 0.3 is 6.18 Å². The van der Waals surface area contributed by atoms with Gasteiger partial charge in [0.15, 0.2) is 0 Å². The Bertz CT molecular complexity index is 930. The fraction of sp³-hybridized carbons (Fsp3) is 0.211. The Balaban J connectivity index is 1.67. The van der Waals surface area contributed by atoms with E-state index in [1.54, 1.807) is 12.1 Å². The summed E-state index contributed by atoms with van der Waals surface area (Å²) in [5.74, 6) is -0.878. The number of aryl methyl sites for hydroxylation is 1. The van der Waals surface area contributed by atoms with Crippen LogP contribution < -0.4 is 10.2 Å². The van der Waals surface area contributed by atoms with E-state index in [4.69, 9.17) is 12.2 Å². The van der Waals surface area contributed by atoms with E-state index in [1.165, 1.54) is 17.0 Å². The maximum atomic E-state index is 12.8.